The van der Waals surface area contributed by atoms with Crippen molar-refractivity contribution in [1.82, 2.24) is 19.4 Å². The number of aryl methyl sites for hydroxylation is 2. The Labute approximate surface area is 634 Å². The van der Waals surface area contributed by atoms with Crippen molar-refractivity contribution in [3.63, 3.8) is 0 Å². The first kappa shape index (κ1) is 77.2. The molecule has 0 radical (unpaired) electrons. The molecule has 568 valence electrons. The summed E-state index contributed by atoms with van der Waals surface area (Å²) in [5.74, 6) is -0.0537. The molecule has 6 aromatic rings. The molecule has 2 amide bonds. The Kier molecular flexibility index (Phi) is 23.0. The summed E-state index contributed by atoms with van der Waals surface area (Å²) in [6.07, 6.45) is 24.7. The number of allylic oxidation sites excluding steroid dienone is 2. The molecule has 2 N–H and O–H groups in total. The van der Waals surface area contributed by atoms with Crippen molar-refractivity contribution < 1.29 is 64.3 Å². The Morgan fingerprint density at radius 1 is 0.528 bits per heavy atom. The summed E-state index contributed by atoms with van der Waals surface area (Å²) in [6, 6.07) is 27.0. The number of pyridine rings is 2. The van der Waals surface area contributed by atoms with E-state index in [-0.39, 0.29) is 57.5 Å². The first-order chi connectivity index (χ1) is 50.9. The summed E-state index contributed by atoms with van der Waals surface area (Å²) < 4.78 is 108. The van der Waals surface area contributed by atoms with E-state index < -0.39 is 66.1 Å². The summed E-state index contributed by atoms with van der Waals surface area (Å²) in [7, 11) is 1.84. The number of hydrogen-bond donors (Lipinski definition) is 2. The van der Waals surface area contributed by atoms with E-state index >= 15 is 0 Å². The minimum Gasteiger partial charge on any atom is -0.490 e. The molecule has 4 aliphatic carbocycles. The standard InChI is InChI=1S/2C41H50ClN3O7S/c2*1-26-8-6-17-41(51-5,32-18-31(21-43-22-32)39(49-3)50-4)35-13-10-30(35)23-45-24-40(16-7-9-28-19-33(42)12-14-34(28)40)25-52-37-15-11-29(20-36(37)45)38(46)44-53(47,48)27(26)2/h2*6,11-12,14-15,17-22,26-27,30,35,39H,7-10,13,16,23-25H2,1-5H3,(H,44,46)/b2*17-6+/t26-,27+,30-,35+,40-,41+;26-,27+,30-,35+,40-,41-/m00/s1. The molecule has 2 saturated carbocycles. The summed E-state index contributed by atoms with van der Waals surface area (Å²) in [5, 5.41) is -0.237. The van der Waals surface area contributed by atoms with Crippen LogP contribution in [0.15, 0.2) is 134 Å². The Hall–Kier alpha value is -6.96. The second-order valence-electron chi connectivity index (χ2n) is 30.7. The average molecular weight is 1530 g/mol. The molecule has 6 heterocycles. The van der Waals surface area contributed by atoms with E-state index in [0.717, 1.165) is 108 Å². The number of halogens is 2. The van der Waals surface area contributed by atoms with Crippen molar-refractivity contribution in [2.75, 3.05) is 91.9 Å². The number of sulfonamides is 2. The average Bonchev–Trinajstić information content (AvgIpc) is 1.32. The SMILES string of the molecule is COC(OC)c1cncc([C@@]2(OC)/C=C/C[C@H](C)[C@@H](C)S(=O)(=O)NC(=O)c3ccc4c(c3)N(C[C@@H]3CC[C@H]32)C[C@@]2(CCCc3cc(Cl)ccc32)CO4)c1.COC(OC)c1cncc([C@]2(OC)/C=C/C[C@H](C)[C@@H](C)S(=O)(=O)NC(=O)c3ccc4c(c3)N(C[C@@H]3CC[C@H]32)C[C@@]2(CCCc3cc(Cl)ccc32)CO4)c1. The predicted molar refractivity (Wildman–Crippen MR) is 410 cm³/mol. The van der Waals surface area contributed by atoms with E-state index in [1.165, 1.54) is 22.3 Å². The number of carbonyl (C=O) groups excluding carboxylic acids is 2. The van der Waals surface area contributed by atoms with Crippen LogP contribution >= 0.6 is 23.2 Å². The molecule has 4 aromatic carbocycles. The third-order valence-corrected chi connectivity index (χ3v) is 29.0. The van der Waals surface area contributed by atoms with Crippen LogP contribution in [-0.4, -0.2) is 131 Å². The van der Waals surface area contributed by atoms with Gasteiger partial charge in [-0.15, -0.1) is 0 Å². The Bertz CT molecular complexity index is 4260. The summed E-state index contributed by atoms with van der Waals surface area (Å²) in [4.78, 5) is 41.3. The lowest BCUT2D eigenvalue weighted by atomic mass is 9.62. The third-order valence-electron chi connectivity index (χ3n) is 24.7. The molecule has 2 aromatic heterocycles. The van der Waals surface area contributed by atoms with Crippen molar-refractivity contribution >= 4 is 66.4 Å². The highest BCUT2D eigenvalue weighted by atomic mass is 35.5. The maximum Gasteiger partial charge on any atom is 0.264 e. The molecule has 2 fully saturated rings. The molecule has 20 nitrogen and oxygen atoms in total. The van der Waals surface area contributed by atoms with Crippen LogP contribution in [0.4, 0.5) is 11.4 Å². The van der Waals surface area contributed by atoms with Gasteiger partial charge in [0.05, 0.1) is 35.1 Å². The van der Waals surface area contributed by atoms with Gasteiger partial charge >= 0.3 is 0 Å². The van der Waals surface area contributed by atoms with Crippen LogP contribution < -0.4 is 28.7 Å². The molecule has 8 aliphatic rings. The molecule has 4 aliphatic heterocycles. The highest BCUT2D eigenvalue weighted by molar-refractivity contribution is 7.91. The van der Waals surface area contributed by atoms with Crippen molar-refractivity contribution in [2.24, 2.45) is 35.5 Å². The molecule has 14 rings (SSSR count). The van der Waals surface area contributed by atoms with Crippen LogP contribution in [-0.2, 0) is 83.3 Å². The zero-order valence-corrected chi connectivity index (χ0v) is 65.4. The fourth-order valence-electron chi connectivity index (χ4n) is 18.1. The number of methoxy groups -OCH3 is 6. The van der Waals surface area contributed by atoms with Gasteiger partial charge in [0.1, 0.15) is 22.7 Å². The van der Waals surface area contributed by atoms with Gasteiger partial charge in [-0.1, -0.05) is 73.5 Å². The van der Waals surface area contributed by atoms with Gasteiger partial charge in [-0.05, 0) is 210 Å². The van der Waals surface area contributed by atoms with E-state index in [1.54, 1.807) is 93.2 Å². The quantitative estimate of drug-likeness (QED) is 0.0958. The number of benzene rings is 4. The number of nitrogens with one attached hydrogen (secondary N) is 2. The molecule has 2 spiro atoms. The number of aromatic nitrogens is 2. The van der Waals surface area contributed by atoms with Crippen molar-refractivity contribution in [3.05, 3.63) is 200 Å². The van der Waals surface area contributed by atoms with Gasteiger partial charge in [0, 0.05) is 160 Å². The fourth-order valence-corrected chi connectivity index (χ4v) is 21.1. The third kappa shape index (κ3) is 14.9. The van der Waals surface area contributed by atoms with Gasteiger partial charge in [0.15, 0.2) is 12.6 Å². The Balaban J connectivity index is 0.000000188. The lowest BCUT2D eigenvalue weighted by Gasteiger charge is -2.50. The number of rotatable bonds is 10. The monoisotopic (exact) mass is 1530 g/mol. The first-order valence-electron chi connectivity index (χ1n) is 37.1. The molecule has 24 heteroatoms. The van der Waals surface area contributed by atoms with Crippen LogP contribution in [0.2, 0.25) is 10.0 Å². The predicted octanol–water partition coefficient (Wildman–Crippen LogP) is 14.2. The lowest BCUT2D eigenvalue weighted by Crippen LogP contribution is -2.52. The largest absolute Gasteiger partial charge is 0.490 e. The Morgan fingerprint density at radius 3 is 1.30 bits per heavy atom. The van der Waals surface area contributed by atoms with E-state index in [9.17, 15) is 26.4 Å². The minimum atomic E-state index is -4.01. The highest BCUT2D eigenvalue weighted by Crippen LogP contribution is 2.55. The van der Waals surface area contributed by atoms with Crippen molar-refractivity contribution in [3.8, 4) is 11.5 Å². The summed E-state index contributed by atoms with van der Waals surface area (Å²) in [6.45, 7) is 10.7. The molecular formula is C82H100Cl2N6O14S2. The molecule has 4 bridgehead atoms. The number of carbonyl (C=O) groups is 2. The van der Waals surface area contributed by atoms with Crippen LogP contribution in [0, 0.1) is 35.5 Å². The van der Waals surface area contributed by atoms with Crippen molar-refractivity contribution in [2.45, 2.75) is 150 Å². The first-order valence-corrected chi connectivity index (χ1v) is 40.9. The van der Waals surface area contributed by atoms with Gasteiger partial charge in [-0.2, -0.15) is 0 Å². The number of ether oxygens (including phenoxy) is 8. The lowest BCUT2D eigenvalue weighted by molar-refractivity contribution is -0.107. The van der Waals surface area contributed by atoms with Gasteiger partial charge in [0.25, 0.3) is 11.8 Å². The maximum absolute atomic E-state index is 13.7. The van der Waals surface area contributed by atoms with Crippen molar-refractivity contribution in [1.29, 1.82) is 0 Å². The molecule has 12 atom stereocenters. The Morgan fingerprint density at radius 2 is 0.934 bits per heavy atom. The maximum atomic E-state index is 13.7. The molecule has 0 saturated heterocycles. The van der Waals surface area contributed by atoms with E-state index in [2.05, 4.69) is 65.6 Å². The molecule has 0 unspecified atom stereocenters. The van der Waals surface area contributed by atoms with Gasteiger partial charge in [-0.25, -0.2) is 26.3 Å². The number of fused-ring (bicyclic) bond motifs is 8. The van der Waals surface area contributed by atoms with E-state index in [0.29, 0.717) is 63.7 Å². The summed E-state index contributed by atoms with van der Waals surface area (Å²) >= 11 is 13.0. The molecule has 106 heavy (non-hydrogen) atoms. The van der Waals surface area contributed by atoms with Crippen LogP contribution in [0.5, 0.6) is 11.5 Å². The number of hydrogen-bond acceptors (Lipinski definition) is 18. The molecular weight excluding hydrogens is 1430 g/mol. The second-order valence-corrected chi connectivity index (χ2v) is 35.6. The number of nitrogens with zero attached hydrogens (tertiary/aromatic N) is 4. The topological polar surface area (TPSA) is 233 Å². The van der Waals surface area contributed by atoms with Gasteiger partial charge in [-0.3, -0.25) is 19.6 Å². The van der Waals surface area contributed by atoms with E-state index in [4.69, 9.17) is 61.1 Å². The fraction of sp³-hybridized carbons (Fsp3) is 0.512. The zero-order valence-electron chi connectivity index (χ0n) is 62.3. The van der Waals surface area contributed by atoms with Crippen LogP contribution in [0.1, 0.15) is 170 Å². The highest BCUT2D eigenvalue weighted by Gasteiger charge is 2.53. The van der Waals surface area contributed by atoms with Gasteiger partial charge < -0.3 is 47.7 Å². The second kappa shape index (κ2) is 31.6. The summed E-state index contributed by atoms with van der Waals surface area (Å²) in [5.41, 5.74) is 7.97. The van der Waals surface area contributed by atoms with Gasteiger partial charge in [0.2, 0.25) is 20.0 Å². The van der Waals surface area contributed by atoms with Crippen LogP contribution in [0.25, 0.3) is 0 Å². The minimum absolute atomic E-state index is 0.0567. The number of anilines is 2. The van der Waals surface area contributed by atoms with E-state index in [1.807, 2.05) is 74.8 Å². The normalized spacial score (nSPS) is 30.3. The zero-order chi connectivity index (χ0) is 75.1. The smallest absolute Gasteiger partial charge is 0.264 e. The number of amides is 2. The van der Waals surface area contributed by atoms with Crippen LogP contribution in [0.3, 0.4) is 0 Å².